The van der Waals surface area contributed by atoms with Crippen LogP contribution in [0.4, 0.5) is 5.69 Å². The molecule has 0 saturated carbocycles. The van der Waals surface area contributed by atoms with Gasteiger partial charge in [-0.05, 0) is 35.7 Å². The molecule has 2 N–H and O–H groups in total. The summed E-state index contributed by atoms with van der Waals surface area (Å²) in [6, 6.07) is 13.4. The van der Waals surface area contributed by atoms with Crippen molar-refractivity contribution in [2.45, 2.75) is 19.8 Å². The van der Waals surface area contributed by atoms with Crippen LogP contribution in [0.3, 0.4) is 0 Å². The second kappa shape index (κ2) is 5.32. The summed E-state index contributed by atoms with van der Waals surface area (Å²) >= 11 is 5.96. The summed E-state index contributed by atoms with van der Waals surface area (Å²) in [6.45, 7) is 4.29. The van der Waals surface area contributed by atoms with E-state index in [2.05, 4.69) is 19.9 Å². The van der Waals surface area contributed by atoms with Gasteiger partial charge in [-0.3, -0.25) is 0 Å². The molecule has 0 radical (unpaired) electrons. The number of hydrogen-bond acceptors (Lipinski definition) is 2. The number of anilines is 1. The maximum atomic E-state index is 5.96. The summed E-state index contributed by atoms with van der Waals surface area (Å²) < 4.78 is 5.77. The van der Waals surface area contributed by atoms with Crippen LogP contribution in [0.5, 0.6) is 11.5 Å². The third-order valence-corrected chi connectivity index (χ3v) is 3.10. The fraction of sp³-hybridized carbons (Fsp3) is 0.200. The van der Waals surface area contributed by atoms with Gasteiger partial charge in [-0.15, -0.1) is 0 Å². The second-order valence-electron chi connectivity index (χ2n) is 4.48. The Balaban J connectivity index is 2.28. The normalized spacial score (nSPS) is 10.7. The maximum absolute atomic E-state index is 5.96. The molecule has 0 spiro atoms. The first kappa shape index (κ1) is 12.8. The minimum Gasteiger partial charge on any atom is -0.455 e. The summed E-state index contributed by atoms with van der Waals surface area (Å²) in [5, 5.41) is 0.507. The number of ether oxygens (including phenoxy) is 1. The Morgan fingerprint density at radius 2 is 1.83 bits per heavy atom. The van der Waals surface area contributed by atoms with Gasteiger partial charge in [0.25, 0.3) is 0 Å². The molecule has 2 aromatic carbocycles. The van der Waals surface area contributed by atoms with Crippen LogP contribution in [0.2, 0.25) is 5.02 Å². The summed E-state index contributed by atoms with van der Waals surface area (Å²) in [7, 11) is 0. The van der Waals surface area contributed by atoms with Gasteiger partial charge in [0.2, 0.25) is 0 Å². The third-order valence-electron chi connectivity index (χ3n) is 2.77. The van der Waals surface area contributed by atoms with Crippen LogP contribution in [0.1, 0.15) is 25.3 Å². The number of halogens is 1. The monoisotopic (exact) mass is 261 g/mol. The molecule has 0 atom stereocenters. The lowest BCUT2D eigenvalue weighted by atomic mass is 10.0. The highest BCUT2D eigenvalue weighted by Gasteiger charge is 2.06. The van der Waals surface area contributed by atoms with Gasteiger partial charge >= 0.3 is 0 Å². The van der Waals surface area contributed by atoms with Crippen LogP contribution in [-0.4, -0.2) is 0 Å². The average Bonchev–Trinajstić information content (AvgIpc) is 2.35. The van der Waals surface area contributed by atoms with Gasteiger partial charge < -0.3 is 10.5 Å². The largest absolute Gasteiger partial charge is 0.455 e. The van der Waals surface area contributed by atoms with Crippen molar-refractivity contribution in [1.29, 1.82) is 0 Å². The molecule has 18 heavy (non-hydrogen) atoms. The van der Waals surface area contributed by atoms with E-state index >= 15 is 0 Å². The summed E-state index contributed by atoms with van der Waals surface area (Å²) in [6.07, 6.45) is 0. The van der Waals surface area contributed by atoms with E-state index in [0.29, 0.717) is 22.4 Å². The van der Waals surface area contributed by atoms with Crippen LogP contribution in [-0.2, 0) is 0 Å². The number of nitrogens with two attached hydrogens (primary N) is 1. The Labute approximate surface area is 112 Å². The lowest BCUT2D eigenvalue weighted by molar-refractivity contribution is 0.484. The van der Waals surface area contributed by atoms with Crippen molar-refractivity contribution in [2.75, 3.05) is 5.73 Å². The Morgan fingerprint density at radius 3 is 2.56 bits per heavy atom. The zero-order valence-corrected chi connectivity index (χ0v) is 11.2. The van der Waals surface area contributed by atoms with Gasteiger partial charge in [-0.2, -0.15) is 0 Å². The first-order valence-corrected chi connectivity index (χ1v) is 6.27. The maximum Gasteiger partial charge on any atom is 0.151 e. The fourth-order valence-corrected chi connectivity index (χ4v) is 1.84. The standard InChI is InChI=1S/C15H16ClNO/c1-10(2)11-5-3-6-12(9-11)18-14-8-4-7-13(16)15(14)17/h3-10H,17H2,1-2H3. The predicted octanol–water partition coefficient (Wildman–Crippen LogP) is 4.84. The van der Waals surface area contributed by atoms with Gasteiger partial charge in [0.1, 0.15) is 5.75 Å². The molecule has 2 nitrogen and oxygen atoms in total. The van der Waals surface area contributed by atoms with Crippen molar-refractivity contribution >= 4 is 17.3 Å². The smallest absolute Gasteiger partial charge is 0.151 e. The predicted molar refractivity (Wildman–Crippen MR) is 76.5 cm³/mol. The number of benzene rings is 2. The lowest BCUT2D eigenvalue weighted by Gasteiger charge is -2.11. The van der Waals surface area contributed by atoms with Crippen molar-refractivity contribution in [2.24, 2.45) is 0 Å². The highest BCUT2D eigenvalue weighted by atomic mass is 35.5. The molecule has 94 valence electrons. The summed E-state index contributed by atoms with van der Waals surface area (Å²) in [5.41, 5.74) is 7.57. The first-order valence-electron chi connectivity index (χ1n) is 5.89. The number of para-hydroxylation sites is 1. The molecule has 0 unspecified atom stereocenters. The SMILES string of the molecule is CC(C)c1cccc(Oc2cccc(Cl)c2N)c1. The molecular weight excluding hydrogens is 246 g/mol. The zero-order chi connectivity index (χ0) is 13.1. The van der Waals surface area contributed by atoms with Crippen molar-refractivity contribution in [3.8, 4) is 11.5 Å². The summed E-state index contributed by atoms with van der Waals surface area (Å²) in [4.78, 5) is 0. The zero-order valence-electron chi connectivity index (χ0n) is 10.5. The van der Waals surface area contributed by atoms with E-state index in [9.17, 15) is 0 Å². The second-order valence-corrected chi connectivity index (χ2v) is 4.89. The molecular formula is C15H16ClNO. The van der Waals surface area contributed by atoms with Crippen LogP contribution in [0.15, 0.2) is 42.5 Å². The van der Waals surface area contributed by atoms with Gasteiger partial charge in [0.05, 0.1) is 10.7 Å². The van der Waals surface area contributed by atoms with E-state index in [1.54, 1.807) is 6.07 Å². The molecule has 0 aromatic heterocycles. The highest BCUT2D eigenvalue weighted by Crippen LogP contribution is 2.33. The third kappa shape index (κ3) is 2.77. The Kier molecular flexibility index (Phi) is 3.78. The Morgan fingerprint density at radius 1 is 1.11 bits per heavy atom. The van der Waals surface area contributed by atoms with Crippen molar-refractivity contribution in [1.82, 2.24) is 0 Å². The molecule has 0 aliphatic heterocycles. The minimum atomic E-state index is 0.463. The van der Waals surface area contributed by atoms with Crippen molar-refractivity contribution < 1.29 is 4.74 Å². The van der Waals surface area contributed by atoms with Gasteiger partial charge in [0.15, 0.2) is 5.75 Å². The van der Waals surface area contributed by atoms with Gasteiger partial charge in [-0.25, -0.2) is 0 Å². The number of rotatable bonds is 3. The highest BCUT2D eigenvalue weighted by molar-refractivity contribution is 6.33. The first-order chi connectivity index (χ1) is 8.58. The Hall–Kier alpha value is -1.67. The van der Waals surface area contributed by atoms with Crippen LogP contribution >= 0.6 is 11.6 Å². The minimum absolute atomic E-state index is 0.463. The molecule has 3 heteroatoms. The van der Waals surface area contributed by atoms with Crippen LogP contribution < -0.4 is 10.5 Å². The topological polar surface area (TPSA) is 35.2 Å². The molecule has 0 fully saturated rings. The number of nitrogen functional groups attached to an aromatic ring is 1. The molecule has 0 bridgehead atoms. The Bertz CT molecular complexity index is 552. The quantitative estimate of drug-likeness (QED) is 0.803. The lowest BCUT2D eigenvalue weighted by Crippen LogP contribution is -1.94. The van der Waals surface area contributed by atoms with E-state index in [4.69, 9.17) is 22.1 Å². The molecule has 0 heterocycles. The van der Waals surface area contributed by atoms with E-state index in [-0.39, 0.29) is 0 Å². The van der Waals surface area contributed by atoms with Gasteiger partial charge in [0, 0.05) is 0 Å². The van der Waals surface area contributed by atoms with E-state index in [1.165, 1.54) is 5.56 Å². The van der Waals surface area contributed by atoms with Crippen molar-refractivity contribution in [3.63, 3.8) is 0 Å². The summed E-state index contributed by atoms with van der Waals surface area (Å²) in [5.74, 6) is 1.82. The van der Waals surface area contributed by atoms with Crippen molar-refractivity contribution in [3.05, 3.63) is 53.1 Å². The molecule has 2 aromatic rings. The molecule has 0 amide bonds. The van der Waals surface area contributed by atoms with E-state index < -0.39 is 0 Å². The molecule has 0 aliphatic rings. The fourth-order valence-electron chi connectivity index (χ4n) is 1.67. The molecule has 0 saturated heterocycles. The van der Waals surface area contributed by atoms with Crippen LogP contribution in [0.25, 0.3) is 0 Å². The number of hydrogen-bond donors (Lipinski definition) is 1. The van der Waals surface area contributed by atoms with Crippen LogP contribution in [0, 0.1) is 0 Å². The van der Waals surface area contributed by atoms with Gasteiger partial charge in [-0.1, -0.05) is 43.6 Å². The van der Waals surface area contributed by atoms with E-state index in [1.807, 2.05) is 30.3 Å². The average molecular weight is 262 g/mol. The molecule has 0 aliphatic carbocycles. The molecule has 2 rings (SSSR count). The van der Waals surface area contributed by atoms with E-state index in [0.717, 1.165) is 5.75 Å².